The number of thioether (sulfide) groups is 1. The number of amidine groups is 1. The normalized spacial score (nSPS) is 32.2. The van der Waals surface area contributed by atoms with E-state index in [9.17, 15) is 24.6 Å². The zero-order valence-corrected chi connectivity index (χ0v) is 17.7. The van der Waals surface area contributed by atoms with Crippen LogP contribution in [0.1, 0.15) is 34.1 Å². The molecular weight excluding hydrogens is 398 g/mol. The molecule has 3 N–H and O–H groups in total. The fourth-order valence-corrected chi connectivity index (χ4v) is 6.16. The highest BCUT2D eigenvalue weighted by Gasteiger charge is 2.60. The number of carboxylic acid groups (broad SMARTS) is 1. The standard InChI is InChI=1S/C19H27N3O6S/c1-8-15-14(9(2)23)18(25)22(15)16(19(26)27)17(8)29-13-5-12(7-28-11(4)24)21(6-13)10(3)20/h8-9,12-15,20,23H,5-7H2,1-4H3,(H,26,27)/t8?,9?,12?,13?,14?,15-/m1/s1. The van der Waals surface area contributed by atoms with Crippen LogP contribution < -0.4 is 0 Å². The van der Waals surface area contributed by atoms with Crippen molar-refractivity contribution in [1.82, 2.24) is 9.80 Å². The lowest BCUT2D eigenvalue weighted by molar-refractivity contribution is -0.163. The van der Waals surface area contributed by atoms with Crippen molar-refractivity contribution >= 4 is 35.4 Å². The molecule has 0 spiro atoms. The molecule has 9 nitrogen and oxygen atoms in total. The molecule has 3 rings (SSSR count). The number of aliphatic hydroxyl groups excluding tert-OH is 1. The van der Waals surface area contributed by atoms with Gasteiger partial charge in [-0.05, 0) is 20.3 Å². The predicted molar refractivity (Wildman–Crippen MR) is 106 cm³/mol. The summed E-state index contributed by atoms with van der Waals surface area (Å²) in [4.78, 5) is 39.4. The first-order valence-corrected chi connectivity index (χ1v) is 10.5. The number of esters is 1. The van der Waals surface area contributed by atoms with Crippen molar-refractivity contribution in [3.8, 4) is 0 Å². The number of carbonyl (C=O) groups is 3. The van der Waals surface area contributed by atoms with Crippen LogP contribution in [0.3, 0.4) is 0 Å². The van der Waals surface area contributed by atoms with Crippen LogP contribution in [0.4, 0.5) is 0 Å². The summed E-state index contributed by atoms with van der Waals surface area (Å²) in [5, 5.41) is 27.7. The minimum absolute atomic E-state index is 0.00135. The molecule has 6 atom stereocenters. The number of aliphatic hydroxyl groups is 1. The van der Waals surface area contributed by atoms with Gasteiger partial charge in [-0.1, -0.05) is 6.92 Å². The second-order valence-electron chi connectivity index (χ2n) is 7.94. The average molecular weight is 426 g/mol. The molecule has 2 fully saturated rings. The number of rotatable bonds is 6. The molecule has 29 heavy (non-hydrogen) atoms. The van der Waals surface area contributed by atoms with Crippen LogP contribution in [0, 0.1) is 17.2 Å². The first kappa shape index (κ1) is 21.6. The molecule has 0 radical (unpaired) electrons. The molecule has 0 bridgehead atoms. The number of β-lactam (4-membered cyclic amide) rings is 1. The molecule has 0 aromatic heterocycles. The number of likely N-dealkylation sites (tertiary alicyclic amines) is 1. The number of nitrogens with one attached hydrogen (secondary N) is 1. The molecule has 1 amide bonds. The number of hydrogen-bond acceptors (Lipinski definition) is 7. The summed E-state index contributed by atoms with van der Waals surface area (Å²) in [5.41, 5.74) is 0.0101. The van der Waals surface area contributed by atoms with E-state index >= 15 is 0 Å². The molecule has 3 heterocycles. The van der Waals surface area contributed by atoms with E-state index in [1.165, 1.54) is 23.6 Å². The summed E-state index contributed by atoms with van der Waals surface area (Å²) >= 11 is 1.43. The number of carboxylic acids is 1. The monoisotopic (exact) mass is 425 g/mol. The molecule has 10 heteroatoms. The highest BCUT2D eigenvalue weighted by Crippen LogP contribution is 2.52. The number of amides is 1. The molecule has 2 saturated heterocycles. The number of fused-ring (bicyclic) bond motifs is 1. The lowest BCUT2D eigenvalue weighted by Crippen LogP contribution is -2.63. The van der Waals surface area contributed by atoms with Crippen LogP contribution >= 0.6 is 11.8 Å². The minimum atomic E-state index is -1.14. The Balaban J connectivity index is 1.80. The van der Waals surface area contributed by atoms with Gasteiger partial charge in [0, 0.05) is 29.5 Å². The second-order valence-corrected chi connectivity index (χ2v) is 9.28. The van der Waals surface area contributed by atoms with E-state index in [2.05, 4.69) is 0 Å². The smallest absolute Gasteiger partial charge is 0.353 e. The maximum atomic E-state index is 12.4. The highest BCUT2D eigenvalue weighted by molar-refractivity contribution is 8.03. The van der Waals surface area contributed by atoms with Crippen molar-refractivity contribution in [2.75, 3.05) is 13.2 Å². The van der Waals surface area contributed by atoms with Crippen LogP contribution in [-0.4, -0.2) is 80.3 Å². The first-order chi connectivity index (χ1) is 13.5. The maximum Gasteiger partial charge on any atom is 0.353 e. The second kappa shape index (κ2) is 7.98. The first-order valence-electron chi connectivity index (χ1n) is 9.65. The Hall–Kier alpha value is -2.07. The van der Waals surface area contributed by atoms with Gasteiger partial charge in [-0.3, -0.25) is 15.0 Å². The topological polar surface area (TPSA) is 131 Å². The van der Waals surface area contributed by atoms with Crippen molar-refractivity contribution in [2.24, 2.45) is 11.8 Å². The molecule has 5 unspecified atom stereocenters. The van der Waals surface area contributed by atoms with Crippen LogP contribution in [0.2, 0.25) is 0 Å². The summed E-state index contributed by atoms with van der Waals surface area (Å²) in [6.45, 7) is 7.18. The Bertz CT molecular complexity index is 782. The Labute approximate surface area is 173 Å². The van der Waals surface area contributed by atoms with Gasteiger partial charge in [0.2, 0.25) is 5.91 Å². The van der Waals surface area contributed by atoms with Gasteiger partial charge in [-0.15, -0.1) is 11.8 Å². The molecule has 3 aliphatic rings. The molecule has 3 aliphatic heterocycles. The Morgan fingerprint density at radius 1 is 1.38 bits per heavy atom. The zero-order valence-electron chi connectivity index (χ0n) is 16.9. The fraction of sp³-hybridized carbons (Fsp3) is 0.684. The van der Waals surface area contributed by atoms with Crippen molar-refractivity contribution in [3.63, 3.8) is 0 Å². The summed E-state index contributed by atoms with van der Waals surface area (Å²) in [7, 11) is 0. The van der Waals surface area contributed by atoms with Crippen LogP contribution in [0.5, 0.6) is 0 Å². The molecule has 160 valence electrons. The van der Waals surface area contributed by atoms with E-state index in [0.717, 1.165) is 0 Å². The highest BCUT2D eigenvalue weighted by atomic mass is 32.2. The minimum Gasteiger partial charge on any atom is -0.477 e. The van der Waals surface area contributed by atoms with E-state index < -0.39 is 18.0 Å². The summed E-state index contributed by atoms with van der Waals surface area (Å²) in [5.74, 6) is -2.28. The van der Waals surface area contributed by atoms with Crippen LogP contribution in [0.25, 0.3) is 0 Å². The third-order valence-corrected chi connectivity index (χ3v) is 7.38. The Morgan fingerprint density at radius 3 is 2.55 bits per heavy atom. The molecular formula is C19H27N3O6S. The van der Waals surface area contributed by atoms with Crippen molar-refractivity contribution in [2.45, 2.75) is 57.6 Å². The lowest BCUT2D eigenvalue weighted by Gasteiger charge is -2.46. The van der Waals surface area contributed by atoms with Gasteiger partial charge in [0.05, 0.1) is 29.9 Å². The fourth-order valence-electron chi connectivity index (χ4n) is 4.60. The van der Waals surface area contributed by atoms with Crippen LogP contribution in [-0.2, 0) is 19.1 Å². The van der Waals surface area contributed by atoms with E-state index in [4.69, 9.17) is 10.1 Å². The number of hydrogen-bond donors (Lipinski definition) is 3. The molecule has 0 aromatic carbocycles. The van der Waals surface area contributed by atoms with E-state index in [0.29, 0.717) is 23.7 Å². The number of ether oxygens (including phenoxy) is 1. The molecule has 0 aliphatic carbocycles. The van der Waals surface area contributed by atoms with E-state index in [1.54, 1.807) is 13.8 Å². The molecule has 0 saturated carbocycles. The predicted octanol–water partition coefficient (Wildman–Crippen LogP) is 0.876. The van der Waals surface area contributed by atoms with E-state index in [1.807, 2.05) is 11.8 Å². The third kappa shape index (κ3) is 3.75. The van der Waals surface area contributed by atoms with Crippen molar-refractivity contribution < 1.29 is 29.3 Å². The SMILES string of the molecule is CC(=N)N1CC(SC2=C(C(=O)O)N3C(=O)C(C(C)O)[C@H]3C2C)CC1COC(C)=O. The summed E-state index contributed by atoms with van der Waals surface area (Å²) in [6, 6.07) is -0.474. The van der Waals surface area contributed by atoms with Gasteiger partial charge in [0.1, 0.15) is 12.3 Å². The Morgan fingerprint density at radius 2 is 2.03 bits per heavy atom. The quantitative estimate of drug-likeness (QED) is 0.247. The summed E-state index contributed by atoms with van der Waals surface area (Å²) < 4.78 is 5.13. The zero-order chi connectivity index (χ0) is 21.6. The average Bonchev–Trinajstić information content (AvgIpc) is 3.11. The third-order valence-electron chi connectivity index (χ3n) is 5.89. The van der Waals surface area contributed by atoms with Gasteiger partial charge in [0.15, 0.2) is 0 Å². The van der Waals surface area contributed by atoms with Crippen LogP contribution in [0.15, 0.2) is 10.6 Å². The van der Waals surface area contributed by atoms with Gasteiger partial charge in [-0.25, -0.2) is 4.79 Å². The van der Waals surface area contributed by atoms with Gasteiger partial charge in [0.25, 0.3) is 0 Å². The van der Waals surface area contributed by atoms with Gasteiger partial charge < -0.3 is 24.7 Å². The van der Waals surface area contributed by atoms with Crippen molar-refractivity contribution in [3.05, 3.63) is 10.6 Å². The van der Waals surface area contributed by atoms with E-state index in [-0.39, 0.29) is 47.4 Å². The van der Waals surface area contributed by atoms with Gasteiger partial charge in [-0.2, -0.15) is 0 Å². The number of aliphatic carboxylic acids is 1. The lowest BCUT2D eigenvalue weighted by atomic mass is 9.79. The largest absolute Gasteiger partial charge is 0.477 e. The Kier molecular flexibility index (Phi) is 5.96. The summed E-state index contributed by atoms with van der Waals surface area (Å²) in [6.07, 6.45) is -0.198. The van der Waals surface area contributed by atoms with Crippen molar-refractivity contribution in [1.29, 1.82) is 5.41 Å². The van der Waals surface area contributed by atoms with Gasteiger partial charge >= 0.3 is 11.9 Å². The number of carbonyl (C=O) groups excluding carboxylic acids is 2. The molecule has 0 aromatic rings. The number of nitrogens with zero attached hydrogens (tertiary/aromatic N) is 2. The maximum absolute atomic E-state index is 12.4.